The van der Waals surface area contributed by atoms with Crippen LogP contribution in [0, 0.1) is 5.82 Å². The highest BCUT2D eigenvalue weighted by Crippen LogP contribution is 2.19. The van der Waals surface area contributed by atoms with E-state index >= 15 is 0 Å². The Labute approximate surface area is 116 Å². The third-order valence-electron chi connectivity index (χ3n) is 2.68. The van der Waals surface area contributed by atoms with Crippen LogP contribution in [0.1, 0.15) is 5.56 Å². The van der Waals surface area contributed by atoms with Crippen molar-refractivity contribution in [3.8, 4) is 5.69 Å². The highest BCUT2D eigenvalue weighted by atomic mass is 35.5. The van der Waals surface area contributed by atoms with Gasteiger partial charge in [0.1, 0.15) is 5.82 Å². The summed E-state index contributed by atoms with van der Waals surface area (Å²) in [6.07, 6.45) is 3.17. The van der Waals surface area contributed by atoms with E-state index in [1.54, 1.807) is 30.1 Å². The first-order chi connectivity index (χ1) is 9.22. The molecule has 0 fully saturated rings. The van der Waals surface area contributed by atoms with Crippen LogP contribution in [0.2, 0.25) is 5.02 Å². The predicted octanol–water partition coefficient (Wildman–Crippen LogP) is 2.40. The lowest BCUT2D eigenvalue weighted by atomic mass is 10.1. The van der Waals surface area contributed by atoms with Crippen LogP contribution in [0.3, 0.4) is 0 Å². The highest BCUT2D eigenvalue weighted by Gasteiger charge is 2.10. The van der Waals surface area contributed by atoms with Gasteiger partial charge in [0.05, 0.1) is 23.5 Å². The van der Waals surface area contributed by atoms with Gasteiger partial charge < -0.3 is 10.1 Å². The summed E-state index contributed by atoms with van der Waals surface area (Å²) in [5.41, 5.74) is 1.23. The van der Waals surface area contributed by atoms with E-state index < -0.39 is 0 Å². The summed E-state index contributed by atoms with van der Waals surface area (Å²) >= 11 is 5.84. The van der Waals surface area contributed by atoms with E-state index in [9.17, 15) is 4.39 Å². The van der Waals surface area contributed by atoms with Gasteiger partial charge in [-0.1, -0.05) is 17.7 Å². The molecule has 0 atom stereocenters. The molecule has 102 valence electrons. The first-order valence-corrected chi connectivity index (χ1v) is 6.27. The van der Waals surface area contributed by atoms with Crippen LogP contribution >= 0.6 is 11.6 Å². The van der Waals surface area contributed by atoms with Gasteiger partial charge in [-0.3, -0.25) is 0 Å². The van der Waals surface area contributed by atoms with Crippen molar-refractivity contribution in [1.82, 2.24) is 15.1 Å². The fraction of sp³-hybridized carbons (Fsp3) is 0.308. The Morgan fingerprint density at radius 3 is 3.00 bits per heavy atom. The molecule has 0 amide bonds. The number of halogens is 2. The third kappa shape index (κ3) is 3.53. The molecule has 0 saturated carbocycles. The Morgan fingerprint density at radius 1 is 1.47 bits per heavy atom. The molecule has 1 N–H and O–H groups in total. The van der Waals surface area contributed by atoms with Gasteiger partial charge in [-0.05, 0) is 12.1 Å². The van der Waals surface area contributed by atoms with Gasteiger partial charge >= 0.3 is 0 Å². The SMILES string of the molecule is COCCNCc1c(F)cccc1-n1cc(Cl)cn1. The van der Waals surface area contributed by atoms with E-state index in [-0.39, 0.29) is 5.82 Å². The normalized spacial score (nSPS) is 10.9. The number of nitrogens with zero attached hydrogens (tertiary/aromatic N) is 2. The summed E-state index contributed by atoms with van der Waals surface area (Å²) in [6.45, 7) is 1.64. The van der Waals surface area contributed by atoms with Crippen molar-refractivity contribution in [3.63, 3.8) is 0 Å². The topological polar surface area (TPSA) is 39.1 Å². The van der Waals surface area contributed by atoms with Gasteiger partial charge in [-0.25, -0.2) is 9.07 Å². The molecule has 0 aliphatic heterocycles. The van der Waals surface area contributed by atoms with Crippen LogP contribution < -0.4 is 5.32 Å². The summed E-state index contributed by atoms with van der Waals surface area (Å²) in [5, 5.41) is 7.74. The number of methoxy groups -OCH3 is 1. The van der Waals surface area contributed by atoms with Crippen molar-refractivity contribution in [2.45, 2.75) is 6.54 Å². The molecule has 2 aromatic rings. The van der Waals surface area contributed by atoms with Crippen LogP contribution in [-0.4, -0.2) is 30.0 Å². The van der Waals surface area contributed by atoms with Crippen LogP contribution in [0.15, 0.2) is 30.6 Å². The number of hydrogen-bond donors (Lipinski definition) is 1. The van der Waals surface area contributed by atoms with Gasteiger partial charge in [0, 0.05) is 32.0 Å². The molecule has 0 bridgehead atoms. The predicted molar refractivity (Wildman–Crippen MR) is 72.1 cm³/mol. The lowest BCUT2D eigenvalue weighted by Crippen LogP contribution is -2.20. The molecule has 0 aliphatic rings. The van der Waals surface area contributed by atoms with Crippen LogP contribution in [0.25, 0.3) is 5.69 Å². The number of hydrogen-bond acceptors (Lipinski definition) is 3. The molecular weight excluding hydrogens is 269 g/mol. The zero-order valence-corrected chi connectivity index (χ0v) is 11.3. The van der Waals surface area contributed by atoms with Crippen LogP contribution in [0.4, 0.5) is 4.39 Å². The molecule has 0 saturated heterocycles. The lowest BCUT2D eigenvalue weighted by Gasteiger charge is -2.11. The average molecular weight is 284 g/mol. The molecule has 1 aromatic heterocycles. The molecule has 4 nitrogen and oxygen atoms in total. The maximum atomic E-state index is 13.9. The number of benzene rings is 1. The van der Waals surface area contributed by atoms with E-state index in [2.05, 4.69) is 10.4 Å². The van der Waals surface area contributed by atoms with Crippen molar-refractivity contribution >= 4 is 11.6 Å². The summed E-state index contributed by atoms with van der Waals surface area (Å²) in [6, 6.07) is 4.89. The van der Waals surface area contributed by atoms with Gasteiger partial charge in [-0.2, -0.15) is 5.10 Å². The van der Waals surface area contributed by atoms with E-state index in [1.807, 2.05) is 0 Å². The van der Waals surface area contributed by atoms with Gasteiger partial charge in [0.15, 0.2) is 0 Å². The first kappa shape index (κ1) is 14.0. The number of aromatic nitrogens is 2. The molecule has 0 aliphatic carbocycles. The summed E-state index contributed by atoms with van der Waals surface area (Å²) in [5.74, 6) is -0.269. The minimum Gasteiger partial charge on any atom is -0.383 e. The second-order valence-corrected chi connectivity index (χ2v) is 4.45. The average Bonchev–Trinajstić information content (AvgIpc) is 2.82. The number of rotatable bonds is 6. The fourth-order valence-electron chi connectivity index (χ4n) is 1.76. The van der Waals surface area contributed by atoms with Crippen molar-refractivity contribution in [3.05, 3.63) is 47.0 Å². The third-order valence-corrected chi connectivity index (χ3v) is 2.87. The molecule has 0 unspecified atom stereocenters. The molecule has 0 spiro atoms. The molecule has 19 heavy (non-hydrogen) atoms. The van der Waals surface area contributed by atoms with Gasteiger partial charge in [-0.15, -0.1) is 0 Å². The van der Waals surface area contributed by atoms with E-state index in [0.717, 1.165) is 0 Å². The van der Waals surface area contributed by atoms with Crippen LogP contribution in [-0.2, 0) is 11.3 Å². The minimum atomic E-state index is -0.269. The van der Waals surface area contributed by atoms with E-state index in [0.29, 0.717) is 36.0 Å². The molecule has 0 radical (unpaired) electrons. The summed E-state index contributed by atoms with van der Waals surface area (Å²) < 4.78 is 20.4. The first-order valence-electron chi connectivity index (χ1n) is 5.90. The Kier molecular flexibility index (Phi) is 4.90. The number of nitrogens with one attached hydrogen (secondary N) is 1. The summed E-state index contributed by atoms with van der Waals surface area (Å²) in [7, 11) is 1.63. The minimum absolute atomic E-state index is 0.269. The van der Waals surface area contributed by atoms with Crippen LogP contribution in [0.5, 0.6) is 0 Å². The standard InChI is InChI=1S/C13H15ClFN3O/c1-19-6-5-16-8-11-12(15)3-2-4-13(11)18-9-10(14)7-17-18/h2-4,7,9,16H,5-6,8H2,1H3. The van der Waals surface area contributed by atoms with E-state index in [1.165, 1.54) is 12.3 Å². The zero-order chi connectivity index (χ0) is 13.7. The second-order valence-electron chi connectivity index (χ2n) is 4.01. The van der Waals surface area contributed by atoms with E-state index in [4.69, 9.17) is 16.3 Å². The molecule has 6 heteroatoms. The monoisotopic (exact) mass is 283 g/mol. The van der Waals surface area contributed by atoms with Crippen molar-refractivity contribution in [1.29, 1.82) is 0 Å². The van der Waals surface area contributed by atoms with Crippen molar-refractivity contribution < 1.29 is 9.13 Å². The smallest absolute Gasteiger partial charge is 0.129 e. The molecule has 2 rings (SSSR count). The molecule has 1 heterocycles. The Balaban J connectivity index is 2.21. The van der Waals surface area contributed by atoms with Gasteiger partial charge in [0.2, 0.25) is 0 Å². The Bertz CT molecular complexity index is 544. The van der Waals surface area contributed by atoms with Gasteiger partial charge in [0.25, 0.3) is 0 Å². The molecular formula is C13H15ClFN3O. The number of ether oxygens (including phenoxy) is 1. The Hall–Kier alpha value is -1.43. The van der Waals surface area contributed by atoms with Crippen molar-refractivity contribution in [2.75, 3.05) is 20.3 Å². The largest absolute Gasteiger partial charge is 0.383 e. The maximum absolute atomic E-state index is 13.9. The quantitative estimate of drug-likeness (QED) is 0.828. The Morgan fingerprint density at radius 2 is 2.32 bits per heavy atom. The lowest BCUT2D eigenvalue weighted by molar-refractivity contribution is 0.199. The summed E-state index contributed by atoms with van der Waals surface area (Å²) in [4.78, 5) is 0. The van der Waals surface area contributed by atoms with Crippen molar-refractivity contribution in [2.24, 2.45) is 0 Å². The molecule has 1 aromatic carbocycles. The zero-order valence-electron chi connectivity index (χ0n) is 10.6. The fourth-order valence-corrected chi connectivity index (χ4v) is 1.89. The second kappa shape index (κ2) is 6.65. The highest BCUT2D eigenvalue weighted by molar-refractivity contribution is 6.30. The maximum Gasteiger partial charge on any atom is 0.129 e.